The molecular weight excluding hydrogens is 437 g/mol. The lowest BCUT2D eigenvalue weighted by molar-refractivity contribution is -0.137. The van der Waals surface area contributed by atoms with Gasteiger partial charge < -0.3 is 15.1 Å². The third kappa shape index (κ3) is 4.32. The number of amidine groups is 1. The summed E-state index contributed by atoms with van der Waals surface area (Å²) in [5.74, 6) is -0.0659. The molecule has 31 heavy (non-hydrogen) atoms. The van der Waals surface area contributed by atoms with Crippen molar-refractivity contribution in [3.05, 3.63) is 41.6 Å². The quantitative estimate of drug-likeness (QED) is 0.333. The number of imidazole rings is 1. The smallest absolute Gasteiger partial charge is 0.394 e. The van der Waals surface area contributed by atoms with E-state index in [1.54, 1.807) is 14.0 Å². The van der Waals surface area contributed by atoms with Crippen LogP contribution in [0.3, 0.4) is 0 Å². The van der Waals surface area contributed by atoms with Crippen molar-refractivity contribution < 1.29 is 26.4 Å². The number of pyridine rings is 1. The molecular formula is C18H19F3N6O3S. The van der Waals surface area contributed by atoms with Gasteiger partial charge in [-0.3, -0.25) is 0 Å². The van der Waals surface area contributed by atoms with Crippen LogP contribution >= 0.6 is 0 Å². The topological polar surface area (TPSA) is 124 Å². The van der Waals surface area contributed by atoms with E-state index in [0.29, 0.717) is 5.52 Å². The predicted octanol–water partition coefficient (Wildman–Crippen LogP) is 2.22. The molecule has 0 bridgehead atoms. The highest BCUT2D eigenvalue weighted by molar-refractivity contribution is 7.89. The molecule has 3 aromatic rings. The third-order valence-electron chi connectivity index (χ3n) is 4.39. The highest BCUT2D eigenvalue weighted by atomic mass is 32.2. The van der Waals surface area contributed by atoms with Crippen molar-refractivity contribution in [1.29, 1.82) is 0 Å². The first-order valence-electron chi connectivity index (χ1n) is 8.94. The van der Waals surface area contributed by atoms with Crippen LogP contribution in [-0.4, -0.2) is 42.4 Å². The highest BCUT2D eigenvalue weighted by Gasteiger charge is 2.31. The maximum Gasteiger partial charge on any atom is 0.416 e. The van der Waals surface area contributed by atoms with E-state index in [-0.39, 0.29) is 40.1 Å². The van der Waals surface area contributed by atoms with Crippen molar-refractivity contribution in [3.8, 4) is 11.5 Å². The summed E-state index contributed by atoms with van der Waals surface area (Å²) < 4.78 is 68.0. The molecule has 3 N–H and O–H groups in total. The fraction of sp³-hybridized carbons (Fsp3) is 0.278. The zero-order valence-corrected chi connectivity index (χ0v) is 17.5. The summed E-state index contributed by atoms with van der Waals surface area (Å²) in [4.78, 5) is 13.2. The Hall–Kier alpha value is -3.19. The van der Waals surface area contributed by atoms with Gasteiger partial charge in [0.25, 0.3) is 0 Å². The van der Waals surface area contributed by atoms with Crippen LogP contribution in [0.5, 0.6) is 0 Å². The molecule has 0 aliphatic rings. The van der Waals surface area contributed by atoms with Crippen molar-refractivity contribution in [2.45, 2.75) is 18.0 Å². The van der Waals surface area contributed by atoms with Crippen molar-refractivity contribution in [1.82, 2.24) is 19.3 Å². The lowest BCUT2D eigenvalue weighted by atomic mass is 10.2. The second-order valence-electron chi connectivity index (χ2n) is 6.34. The molecule has 0 atom stereocenters. The van der Waals surface area contributed by atoms with Crippen LogP contribution < -0.4 is 10.5 Å². The van der Waals surface area contributed by atoms with Crippen LogP contribution in [0.25, 0.3) is 22.6 Å². The number of fused-ring (bicyclic) bond motifs is 1. The molecule has 0 saturated heterocycles. The Morgan fingerprint density at radius 2 is 1.97 bits per heavy atom. The molecule has 0 aliphatic carbocycles. The van der Waals surface area contributed by atoms with Crippen molar-refractivity contribution >= 4 is 26.9 Å². The van der Waals surface area contributed by atoms with Crippen LogP contribution in [-0.2, 0) is 28.1 Å². The zero-order valence-electron chi connectivity index (χ0n) is 16.7. The Morgan fingerprint density at radius 1 is 1.26 bits per heavy atom. The monoisotopic (exact) mass is 456 g/mol. The summed E-state index contributed by atoms with van der Waals surface area (Å²) in [5, 5.41) is 3.68. The van der Waals surface area contributed by atoms with E-state index in [1.807, 2.05) is 0 Å². The molecule has 0 spiro atoms. The molecule has 1 aromatic carbocycles. The van der Waals surface area contributed by atoms with Gasteiger partial charge in [-0.15, -0.1) is 0 Å². The number of oxime groups is 1. The minimum atomic E-state index is -4.55. The Labute approximate surface area is 175 Å². The molecule has 0 saturated carbocycles. The first kappa shape index (κ1) is 22.5. The van der Waals surface area contributed by atoms with E-state index >= 15 is 0 Å². The van der Waals surface area contributed by atoms with Crippen LogP contribution in [0.2, 0.25) is 0 Å². The van der Waals surface area contributed by atoms with E-state index in [1.165, 1.54) is 29.8 Å². The van der Waals surface area contributed by atoms with Crippen molar-refractivity contribution in [2.24, 2.45) is 17.9 Å². The van der Waals surface area contributed by atoms with Gasteiger partial charge in [0.2, 0.25) is 10.0 Å². The van der Waals surface area contributed by atoms with Crippen LogP contribution in [0.15, 0.2) is 40.4 Å². The molecule has 0 fully saturated rings. The van der Waals surface area contributed by atoms with Gasteiger partial charge in [-0.05, 0) is 44.3 Å². The normalized spacial score (nSPS) is 13.0. The average Bonchev–Trinajstić information content (AvgIpc) is 3.06. The number of nitrogens with two attached hydrogens (primary N) is 1. The minimum absolute atomic E-state index is 0.0308. The maximum absolute atomic E-state index is 13.1. The van der Waals surface area contributed by atoms with Gasteiger partial charge in [-0.2, -0.15) is 13.2 Å². The molecule has 2 heterocycles. The number of aromatic nitrogens is 3. The highest BCUT2D eigenvalue weighted by Crippen LogP contribution is 2.33. The summed E-state index contributed by atoms with van der Waals surface area (Å²) in [5.41, 5.74) is 5.37. The second-order valence-corrected chi connectivity index (χ2v) is 8.20. The van der Waals surface area contributed by atoms with E-state index in [4.69, 9.17) is 10.6 Å². The summed E-state index contributed by atoms with van der Waals surface area (Å²) in [6.07, 6.45) is -4.55. The zero-order chi connectivity index (χ0) is 23.0. The molecule has 3 rings (SSSR count). The lowest BCUT2D eigenvalue weighted by Gasteiger charge is -2.11. The summed E-state index contributed by atoms with van der Waals surface area (Å²) in [7, 11) is -1.21. The Balaban J connectivity index is 2.28. The van der Waals surface area contributed by atoms with Gasteiger partial charge in [-0.25, -0.2) is 23.1 Å². The van der Waals surface area contributed by atoms with Gasteiger partial charge in [0.05, 0.1) is 16.6 Å². The number of sulfonamides is 1. The second kappa shape index (κ2) is 8.15. The first-order chi connectivity index (χ1) is 14.5. The SMILES string of the molecule is CCO/N=C(\N)c1ccc(S(=O)(=O)NC)c(-c2nc3cc(C(F)(F)F)ccc3n2C)n1. The fourth-order valence-corrected chi connectivity index (χ4v) is 3.70. The lowest BCUT2D eigenvalue weighted by Crippen LogP contribution is -2.22. The summed E-state index contributed by atoms with van der Waals surface area (Å²) in [6, 6.07) is 5.68. The van der Waals surface area contributed by atoms with E-state index in [0.717, 1.165) is 12.1 Å². The van der Waals surface area contributed by atoms with Crippen molar-refractivity contribution in [3.63, 3.8) is 0 Å². The maximum atomic E-state index is 13.1. The fourth-order valence-electron chi connectivity index (χ4n) is 2.84. The number of benzene rings is 1. The largest absolute Gasteiger partial charge is 0.416 e. The van der Waals surface area contributed by atoms with Crippen LogP contribution in [0.1, 0.15) is 18.2 Å². The number of rotatable bonds is 6. The molecule has 9 nitrogen and oxygen atoms in total. The van der Waals surface area contributed by atoms with Crippen molar-refractivity contribution in [2.75, 3.05) is 13.7 Å². The number of nitrogens with one attached hydrogen (secondary N) is 1. The predicted molar refractivity (Wildman–Crippen MR) is 108 cm³/mol. The van der Waals surface area contributed by atoms with Gasteiger partial charge in [-0.1, -0.05) is 5.16 Å². The molecule has 2 aromatic heterocycles. The first-order valence-corrected chi connectivity index (χ1v) is 10.4. The number of aryl methyl sites for hydroxylation is 1. The average molecular weight is 456 g/mol. The van der Waals surface area contributed by atoms with Gasteiger partial charge >= 0.3 is 6.18 Å². The van der Waals surface area contributed by atoms with Crippen LogP contribution in [0, 0.1) is 0 Å². The van der Waals surface area contributed by atoms with Crippen LogP contribution in [0.4, 0.5) is 13.2 Å². The summed E-state index contributed by atoms with van der Waals surface area (Å²) >= 11 is 0. The standard InChI is InChI=1S/C18H19F3N6O3S/c1-4-30-26-16(22)11-6-8-14(31(28,29)23-2)15(24-11)17-25-12-9-10(18(19,20)21)5-7-13(12)27(17)3/h5-9,23H,4H2,1-3H3,(H2,22,26). The molecule has 0 amide bonds. The molecule has 0 aliphatic heterocycles. The molecule has 13 heteroatoms. The van der Waals surface area contributed by atoms with Gasteiger partial charge in [0.1, 0.15) is 22.9 Å². The van der Waals surface area contributed by atoms with Gasteiger partial charge in [0, 0.05) is 7.05 Å². The van der Waals surface area contributed by atoms with E-state index < -0.39 is 21.8 Å². The number of nitrogens with zero attached hydrogens (tertiary/aromatic N) is 4. The Kier molecular flexibility index (Phi) is 5.91. The summed E-state index contributed by atoms with van der Waals surface area (Å²) in [6.45, 7) is 1.96. The molecule has 0 unspecified atom stereocenters. The molecule has 0 radical (unpaired) electrons. The Morgan fingerprint density at radius 3 is 2.58 bits per heavy atom. The third-order valence-corrected chi connectivity index (χ3v) is 5.84. The van der Waals surface area contributed by atoms with E-state index in [9.17, 15) is 21.6 Å². The number of halogens is 3. The number of hydrogen-bond donors (Lipinski definition) is 2. The van der Waals surface area contributed by atoms with E-state index in [2.05, 4.69) is 19.8 Å². The minimum Gasteiger partial charge on any atom is -0.394 e. The Bertz CT molecular complexity index is 1270. The molecule has 166 valence electrons. The van der Waals surface area contributed by atoms with Gasteiger partial charge in [0.15, 0.2) is 11.7 Å². The number of alkyl halides is 3. The number of hydrogen-bond acceptors (Lipinski definition) is 6.